The van der Waals surface area contributed by atoms with Crippen molar-refractivity contribution in [3.8, 4) is 0 Å². The molecule has 1 aromatic carbocycles. The lowest BCUT2D eigenvalue weighted by atomic mass is 10.1. The summed E-state index contributed by atoms with van der Waals surface area (Å²) in [6.45, 7) is 0.651. The number of aromatic carboxylic acids is 1. The number of carbonyl (C=O) groups excluding carboxylic acids is 1. The van der Waals surface area contributed by atoms with Gasteiger partial charge in [0.15, 0.2) is 0 Å². The summed E-state index contributed by atoms with van der Waals surface area (Å²) in [5, 5.41) is 14.5. The van der Waals surface area contributed by atoms with Crippen LogP contribution in [0.3, 0.4) is 0 Å². The smallest absolute Gasteiger partial charge is 0.337 e. The van der Waals surface area contributed by atoms with Crippen LogP contribution in [0.5, 0.6) is 0 Å². The van der Waals surface area contributed by atoms with E-state index >= 15 is 0 Å². The third-order valence-electron chi connectivity index (χ3n) is 3.49. The molecule has 1 aliphatic rings. The van der Waals surface area contributed by atoms with Crippen LogP contribution >= 0.6 is 22.6 Å². The molecule has 0 aliphatic heterocycles. The molecule has 0 aromatic heterocycles. The highest BCUT2D eigenvalue weighted by Crippen LogP contribution is 2.24. The topological polar surface area (TPSA) is 78.4 Å². The minimum atomic E-state index is -1.05. The number of nitrogens with one attached hydrogen (secondary N) is 2. The standard InChI is InChI=1S/C14H17IN2O3/c15-10-5-6-12(11(7-10)13(18)19)17-14(20)16-8-9-3-1-2-4-9/h5-7,9H,1-4,8H2,(H,18,19)(H2,16,17,20). The van der Waals surface area contributed by atoms with Crippen molar-refractivity contribution in [3.63, 3.8) is 0 Å². The molecule has 0 atom stereocenters. The number of urea groups is 1. The maximum atomic E-state index is 11.8. The number of amides is 2. The predicted molar refractivity (Wildman–Crippen MR) is 85.1 cm³/mol. The lowest BCUT2D eigenvalue weighted by Crippen LogP contribution is -2.32. The number of carbonyl (C=O) groups is 2. The predicted octanol–water partition coefficient (Wildman–Crippen LogP) is 3.30. The molecular weight excluding hydrogens is 371 g/mol. The van der Waals surface area contributed by atoms with Crippen molar-refractivity contribution < 1.29 is 14.7 Å². The van der Waals surface area contributed by atoms with E-state index in [0.29, 0.717) is 18.2 Å². The number of hydrogen-bond acceptors (Lipinski definition) is 2. The third kappa shape index (κ3) is 4.09. The van der Waals surface area contributed by atoms with Crippen molar-refractivity contribution in [3.05, 3.63) is 27.3 Å². The minimum absolute atomic E-state index is 0.105. The molecule has 6 heteroatoms. The first-order valence-electron chi connectivity index (χ1n) is 6.64. The van der Waals surface area contributed by atoms with Crippen molar-refractivity contribution in [1.29, 1.82) is 0 Å². The summed E-state index contributed by atoms with van der Waals surface area (Å²) in [5.41, 5.74) is 0.426. The number of hydrogen-bond donors (Lipinski definition) is 3. The summed E-state index contributed by atoms with van der Waals surface area (Å²) < 4.78 is 0.817. The number of carboxylic acid groups (broad SMARTS) is 1. The van der Waals surface area contributed by atoms with Gasteiger partial charge in [-0.25, -0.2) is 9.59 Å². The van der Waals surface area contributed by atoms with E-state index in [0.717, 1.165) is 16.4 Å². The van der Waals surface area contributed by atoms with E-state index in [-0.39, 0.29) is 11.6 Å². The van der Waals surface area contributed by atoms with E-state index < -0.39 is 5.97 Å². The number of halogens is 1. The fraction of sp³-hybridized carbons (Fsp3) is 0.429. The molecule has 3 N–H and O–H groups in total. The van der Waals surface area contributed by atoms with Gasteiger partial charge in [-0.1, -0.05) is 12.8 Å². The molecule has 1 aliphatic carbocycles. The highest BCUT2D eigenvalue weighted by molar-refractivity contribution is 14.1. The molecule has 1 aromatic rings. The first-order chi connectivity index (χ1) is 9.56. The fourth-order valence-electron chi connectivity index (χ4n) is 2.42. The van der Waals surface area contributed by atoms with Gasteiger partial charge in [-0.2, -0.15) is 0 Å². The zero-order chi connectivity index (χ0) is 14.5. The Bertz CT molecular complexity index is 513. The van der Waals surface area contributed by atoms with Crippen molar-refractivity contribution in [2.45, 2.75) is 25.7 Å². The van der Waals surface area contributed by atoms with E-state index in [1.165, 1.54) is 18.9 Å². The Morgan fingerprint density at radius 3 is 2.65 bits per heavy atom. The van der Waals surface area contributed by atoms with Gasteiger partial charge in [-0.15, -0.1) is 0 Å². The van der Waals surface area contributed by atoms with Gasteiger partial charge in [-0.3, -0.25) is 0 Å². The van der Waals surface area contributed by atoms with Crippen molar-refractivity contribution >= 4 is 40.3 Å². The first-order valence-corrected chi connectivity index (χ1v) is 7.72. The second kappa shape index (κ2) is 6.92. The molecule has 0 bridgehead atoms. The second-order valence-electron chi connectivity index (χ2n) is 4.98. The van der Waals surface area contributed by atoms with Crippen molar-refractivity contribution in [1.82, 2.24) is 5.32 Å². The van der Waals surface area contributed by atoms with Gasteiger partial charge in [0.05, 0.1) is 11.3 Å². The summed E-state index contributed by atoms with van der Waals surface area (Å²) in [6.07, 6.45) is 4.77. The van der Waals surface area contributed by atoms with Crippen molar-refractivity contribution in [2.24, 2.45) is 5.92 Å². The number of rotatable bonds is 4. The molecule has 20 heavy (non-hydrogen) atoms. The molecule has 108 valence electrons. The maximum Gasteiger partial charge on any atom is 0.337 e. The Morgan fingerprint density at radius 1 is 1.30 bits per heavy atom. The summed E-state index contributed by atoms with van der Waals surface area (Å²) in [4.78, 5) is 23.0. The average molecular weight is 388 g/mol. The molecule has 0 spiro atoms. The molecule has 0 unspecified atom stereocenters. The van der Waals surface area contributed by atoms with E-state index in [9.17, 15) is 9.59 Å². The van der Waals surface area contributed by atoms with E-state index in [1.807, 2.05) is 22.6 Å². The Morgan fingerprint density at radius 2 is 2.00 bits per heavy atom. The van der Waals surface area contributed by atoms with Gasteiger partial charge < -0.3 is 15.7 Å². The molecule has 1 saturated carbocycles. The van der Waals surface area contributed by atoms with Crippen LogP contribution in [0.1, 0.15) is 36.0 Å². The van der Waals surface area contributed by atoms with Gasteiger partial charge >= 0.3 is 12.0 Å². The second-order valence-corrected chi connectivity index (χ2v) is 6.23. The third-order valence-corrected chi connectivity index (χ3v) is 4.16. The average Bonchev–Trinajstić information content (AvgIpc) is 2.91. The molecule has 0 heterocycles. The minimum Gasteiger partial charge on any atom is -0.478 e. The quantitative estimate of drug-likeness (QED) is 0.693. The fourth-order valence-corrected chi connectivity index (χ4v) is 2.91. The Hall–Kier alpha value is -1.31. The zero-order valence-electron chi connectivity index (χ0n) is 11.0. The molecule has 0 radical (unpaired) electrons. The zero-order valence-corrected chi connectivity index (χ0v) is 13.1. The van der Waals surface area contributed by atoms with Gasteiger partial charge in [0.25, 0.3) is 0 Å². The van der Waals surface area contributed by atoms with E-state index in [4.69, 9.17) is 5.11 Å². The monoisotopic (exact) mass is 388 g/mol. The summed E-state index contributed by atoms with van der Waals surface area (Å²) >= 11 is 2.04. The largest absolute Gasteiger partial charge is 0.478 e. The lowest BCUT2D eigenvalue weighted by molar-refractivity contribution is 0.0698. The highest BCUT2D eigenvalue weighted by Gasteiger charge is 2.17. The van der Waals surface area contributed by atoms with Crippen LogP contribution in [0, 0.1) is 9.49 Å². The molecule has 1 fully saturated rings. The number of benzene rings is 1. The molecular formula is C14H17IN2O3. The van der Waals surface area contributed by atoms with Crippen LogP contribution in [-0.2, 0) is 0 Å². The number of anilines is 1. The normalized spacial score (nSPS) is 15.1. The highest BCUT2D eigenvalue weighted by atomic mass is 127. The lowest BCUT2D eigenvalue weighted by Gasteiger charge is -2.13. The van der Waals surface area contributed by atoms with Crippen molar-refractivity contribution in [2.75, 3.05) is 11.9 Å². The molecule has 2 amide bonds. The summed E-state index contributed by atoms with van der Waals surface area (Å²) in [6, 6.07) is 4.57. The Kier molecular flexibility index (Phi) is 5.22. The summed E-state index contributed by atoms with van der Waals surface area (Å²) in [7, 11) is 0. The van der Waals surface area contributed by atoms with Crippen LogP contribution in [-0.4, -0.2) is 23.7 Å². The Labute approximate surface area is 131 Å². The van der Waals surface area contributed by atoms with Crippen LogP contribution in [0.25, 0.3) is 0 Å². The first kappa shape index (κ1) is 15.1. The summed E-state index contributed by atoms with van der Waals surface area (Å²) in [5.74, 6) is -0.494. The van der Waals surface area contributed by atoms with Crippen LogP contribution < -0.4 is 10.6 Å². The molecule has 5 nitrogen and oxygen atoms in total. The SMILES string of the molecule is O=C(NCC1CCCC1)Nc1ccc(I)cc1C(=O)O. The van der Waals surface area contributed by atoms with Gasteiger partial charge in [0, 0.05) is 10.1 Å². The Balaban J connectivity index is 1.94. The molecule has 2 rings (SSSR count). The van der Waals surface area contributed by atoms with Gasteiger partial charge in [0.2, 0.25) is 0 Å². The molecule has 0 saturated heterocycles. The van der Waals surface area contributed by atoms with E-state index in [1.54, 1.807) is 12.1 Å². The van der Waals surface area contributed by atoms with Gasteiger partial charge in [0.1, 0.15) is 0 Å². The van der Waals surface area contributed by atoms with Crippen LogP contribution in [0.4, 0.5) is 10.5 Å². The number of carboxylic acids is 1. The maximum absolute atomic E-state index is 11.8. The van der Waals surface area contributed by atoms with E-state index in [2.05, 4.69) is 10.6 Å². The van der Waals surface area contributed by atoms with Gasteiger partial charge in [-0.05, 0) is 59.5 Å². The van der Waals surface area contributed by atoms with Crippen LogP contribution in [0.2, 0.25) is 0 Å². The van der Waals surface area contributed by atoms with Crippen LogP contribution in [0.15, 0.2) is 18.2 Å².